The van der Waals surface area contributed by atoms with Gasteiger partial charge in [0.1, 0.15) is 11.1 Å². The van der Waals surface area contributed by atoms with E-state index in [-0.39, 0.29) is 12.3 Å². The molecule has 2 aromatic carbocycles. The molecule has 1 aromatic heterocycles. The number of fused-ring (bicyclic) bond motifs is 2. The first kappa shape index (κ1) is 16.9. The number of nitro groups is 1. The first-order valence-electron chi connectivity index (χ1n) is 8.05. The fraction of sp³-hybridized carbons (Fsp3) is 0.278. The van der Waals surface area contributed by atoms with Crippen molar-refractivity contribution in [2.75, 3.05) is 25.6 Å². The molecule has 0 saturated carbocycles. The summed E-state index contributed by atoms with van der Waals surface area (Å²) < 4.78 is 5.29. The summed E-state index contributed by atoms with van der Waals surface area (Å²) in [6.07, 6.45) is 1.42. The van der Waals surface area contributed by atoms with E-state index in [4.69, 9.17) is 9.84 Å². The minimum Gasteiger partial charge on any atom is -0.497 e. The van der Waals surface area contributed by atoms with E-state index in [2.05, 4.69) is 10.3 Å². The van der Waals surface area contributed by atoms with E-state index in [1.807, 2.05) is 18.2 Å². The molecule has 0 amide bonds. The first-order valence-corrected chi connectivity index (χ1v) is 8.05. The summed E-state index contributed by atoms with van der Waals surface area (Å²) in [5.74, 6) is 0.658. The van der Waals surface area contributed by atoms with Crippen LogP contribution < -0.4 is 10.1 Å². The summed E-state index contributed by atoms with van der Waals surface area (Å²) in [5, 5.41) is 25.0. The number of rotatable bonds is 7. The summed E-state index contributed by atoms with van der Waals surface area (Å²) in [7, 11) is 1.58. The van der Waals surface area contributed by atoms with Gasteiger partial charge in [-0.1, -0.05) is 6.07 Å². The molecule has 0 aliphatic heterocycles. The molecule has 130 valence electrons. The standard InChI is InChI=1S/C18H19N3O4/c1-25-12-7-8-14-13(11-12)18(19-9-2-3-10-22)17-15(20-14)5-4-6-16(17)21(23)24/h4-8,11,22H,2-3,9-10H2,1H3,(H,19,20). The molecule has 7 heteroatoms. The quantitative estimate of drug-likeness (QED) is 0.295. The van der Waals surface area contributed by atoms with Crippen LogP contribution in [0.1, 0.15) is 12.8 Å². The number of nitrogens with one attached hydrogen (secondary N) is 1. The van der Waals surface area contributed by atoms with E-state index < -0.39 is 4.92 Å². The maximum atomic E-state index is 11.5. The SMILES string of the molecule is COc1ccc2nc3cccc([N+](=O)[O-])c3c(NCCCCO)c2c1. The number of methoxy groups -OCH3 is 1. The number of anilines is 1. The van der Waals surface area contributed by atoms with E-state index in [1.165, 1.54) is 6.07 Å². The highest BCUT2D eigenvalue weighted by atomic mass is 16.6. The fourth-order valence-electron chi connectivity index (χ4n) is 2.87. The van der Waals surface area contributed by atoms with Crippen LogP contribution >= 0.6 is 0 Å². The largest absolute Gasteiger partial charge is 0.497 e. The van der Waals surface area contributed by atoms with Crippen LogP contribution in [0.15, 0.2) is 36.4 Å². The number of nitro benzene ring substituents is 1. The van der Waals surface area contributed by atoms with Crippen molar-refractivity contribution in [2.24, 2.45) is 0 Å². The van der Waals surface area contributed by atoms with Crippen molar-refractivity contribution in [3.05, 3.63) is 46.5 Å². The predicted molar refractivity (Wildman–Crippen MR) is 97.3 cm³/mol. The van der Waals surface area contributed by atoms with E-state index in [1.54, 1.807) is 19.2 Å². The average Bonchev–Trinajstić information content (AvgIpc) is 2.63. The van der Waals surface area contributed by atoms with Gasteiger partial charge in [0.15, 0.2) is 0 Å². The highest BCUT2D eigenvalue weighted by Gasteiger charge is 2.19. The van der Waals surface area contributed by atoms with Gasteiger partial charge < -0.3 is 15.2 Å². The molecule has 0 bridgehead atoms. The summed E-state index contributed by atoms with van der Waals surface area (Å²) in [6, 6.07) is 10.4. The third-order valence-corrected chi connectivity index (χ3v) is 4.07. The molecule has 25 heavy (non-hydrogen) atoms. The monoisotopic (exact) mass is 341 g/mol. The zero-order valence-corrected chi connectivity index (χ0v) is 13.9. The highest BCUT2D eigenvalue weighted by molar-refractivity contribution is 6.11. The number of unbranched alkanes of at least 4 members (excludes halogenated alkanes) is 1. The topological polar surface area (TPSA) is 97.5 Å². The highest BCUT2D eigenvalue weighted by Crippen LogP contribution is 2.37. The van der Waals surface area contributed by atoms with Gasteiger partial charge in [-0.25, -0.2) is 4.98 Å². The Morgan fingerprint density at radius 2 is 2.08 bits per heavy atom. The van der Waals surface area contributed by atoms with Crippen LogP contribution in [0.4, 0.5) is 11.4 Å². The number of non-ortho nitro benzene ring substituents is 1. The summed E-state index contributed by atoms with van der Waals surface area (Å²) >= 11 is 0. The third-order valence-electron chi connectivity index (χ3n) is 4.07. The van der Waals surface area contributed by atoms with Crippen molar-refractivity contribution in [3.63, 3.8) is 0 Å². The Labute approximate surface area is 144 Å². The van der Waals surface area contributed by atoms with Crippen LogP contribution in [0.25, 0.3) is 21.8 Å². The van der Waals surface area contributed by atoms with Crippen molar-refractivity contribution in [3.8, 4) is 5.75 Å². The Morgan fingerprint density at radius 1 is 1.24 bits per heavy atom. The molecule has 0 fully saturated rings. The number of hydrogen-bond acceptors (Lipinski definition) is 6. The van der Waals surface area contributed by atoms with Crippen molar-refractivity contribution < 1.29 is 14.8 Å². The van der Waals surface area contributed by atoms with Gasteiger partial charge >= 0.3 is 0 Å². The van der Waals surface area contributed by atoms with Crippen molar-refractivity contribution in [2.45, 2.75) is 12.8 Å². The molecule has 0 unspecified atom stereocenters. The molecule has 7 nitrogen and oxygen atoms in total. The third kappa shape index (κ3) is 3.32. The molecule has 0 saturated heterocycles. The lowest BCUT2D eigenvalue weighted by Gasteiger charge is -2.14. The molecule has 1 heterocycles. The molecule has 0 spiro atoms. The van der Waals surface area contributed by atoms with Crippen LogP contribution in [0.5, 0.6) is 5.75 Å². The lowest BCUT2D eigenvalue weighted by atomic mass is 10.1. The molecule has 2 N–H and O–H groups in total. The Kier molecular flexibility index (Phi) is 4.95. The van der Waals surface area contributed by atoms with E-state index in [0.717, 1.165) is 17.3 Å². The minimum atomic E-state index is -0.394. The summed E-state index contributed by atoms with van der Waals surface area (Å²) in [4.78, 5) is 15.7. The second-order valence-corrected chi connectivity index (χ2v) is 5.66. The van der Waals surface area contributed by atoms with Crippen molar-refractivity contribution >= 4 is 33.2 Å². The number of benzene rings is 2. The fourth-order valence-corrected chi connectivity index (χ4v) is 2.87. The maximum Gasteiger partial charge on any atom is 0.280 e. The molecular weight excluding hydrogens is 322 g/mol. The molecule has 0 aliphatic carbocycles. The van der Waals surface area contributed by atoms with Crippen LogP contribution in [0.3, 0.4) is 0 Å². The Morgan fingerprint density at radius 3 is 2.80 bits per heavy atom. The number of aliphatic hydroxyl groups is 1. The zero-order valence-electron chi connectivity index (χ0n) is 13.9. The predicted octanol–water partition coefficient (Wildman–Crippen LogP) is 3.49. The summed E-state index contributed by atoms with van der Waals surface area (Å²) in [6.45, 7) is 0.714. The first-order chi connectivity index (χ1) is 12.2. The normalized spacial score (nSPS) is 11.0. The van der Waals surface area contributed by atoms with Gasteiger partial charge in [-0.15, -0.1) is 0 Å². The Bertz CT molecular complexity index is 927. The lowest BCUT2D eigenvalue weighted by molar-refractivity contribution is -0.383. The lowest BCUT2D eigenvalue weighted by Crippen LogP contribution is -2.05. The van der Waals surface area contributed by atoms with Crippen LogP contribution in [-0.4, -0.2) is 35.3 Å². The van der Waals surface area contributed by atoms with Crippen molar-refractivity contribution in [1.29, 1.82) is 0 Å². The van der Waals surface area contributed by atoms with Gasteiger partial charge in [-0.3, -0.25) is 10.1 Å². The van der Waals surface area contributed by atoms with Crippen LogP contribution in [-0.2, 0) is 0 Å². The maximum absolute atomic E-state index is 11.5. The number of pyridine rings is 1. The minimum absolute atomic E-state index is 0.0133. The molecule has 0 radical (unpaired) electrons. The van der Waals surface area contributed by atoms with E-state index in [9.17, 15) is 10.1 Å². The number of hydrogen-bond donors (Lipinski definition) is 2. The molecule has 0 atom stereocenters. The zero-order chi connectivity index (χ0) is 17.8. The average molecular weight is 341 g/mol. The van der Waals surface area contributed by atoms with Gasteiger partial charge in [0, 0.05) is 24.6 Å². The van der Waals surface area contributed by atoms with Gasteiger partial charge in [0.25, 0.3) is 5.69 Å². The molecule has 3 aromatic rings. The molecule has 0 aliphatic rings. The van der Waals surface area contributed by atoms with Gasteiger partial charge in [0.2, 0.25) is 0 Å². The van der Waals surface area contributed by atoms with E-state index >= 15 is 0 Å². The number of aliphatic hydroxyl groups excluding tert-OH is 1. The number of aromatic nitrogens is 1. The van der Waals surface area contributed by atoms with Crippen LogP contribution in [0.2, 0.25) is 0 Å². The number of ether oxygens (including phenoxy) is 1. The smallest absolute Gasteiger partial charge is 0.280 e. The second kappa shape index (κ2) is 7.31. The van der Waals surface area contributed by atoms with Gasteiger partial charge in [-0.2, -0.15) is 0 Å². The molecule has 3 rings (SSSR count). The summed E-state index contributed by atoms with van der Waals surface area (Å²) in [5.41, 5.74) is 1.98. The second-order valence-electron chi connectivity index (χ2n) is 5.66. The van der Waals surface area contributed by atoms with Gasteiger partial charge in [-0.05, 0) is 37.1 Å². The van der Waals surface area contributed by atoms with Gasteiger partial charge in [0.05, 0.1) is 28.8 Å². The van der Waals surface area contributed by atoms with Crippen LogP contribution in [0, 0.1) is 10.1 Å². The Balaban J connectivity index is 2.25. The van der Waals surface area contributed by atoms with E-state index in [0.29, 0.717) is 35.3 Å². The van der Waals surface area contributed by atoms with Crippen molar-refractivity contribution in [1.82, 2.24) is 4.98 Å². The number of nitrogens with zero attached hydrogens (tertiary/aromatic N) is 2. The Hall–Kier alpha value is -2.93. The molecular formula is C18H19N3O4.